The van der Waals surface area contributed by atoms with E-state index < -0.39 is 29.7 Å². The largest absolute Gasteiger partial charge is 0.497 e. The van der Waals surface area contributed by atoms with Gasteiger partial charge in [-0.2, -0.15) is 0 Å². The topological polar surface area (TPSA) is 127 Å². The molecule has 2 fully saturated rings. The summed E-state index contributed by atoms with van der Waals surface area (Å²) in [5.74, 6) is 0.417. The normalized spacial score (nSPS) is 21.7. The summed E-state index contributed by atoms with van der Waals surface area (Å²) in [5.41, 5.74) is 1.87. The highest BCUT2D eigenvalue weighted by atomic mass is 16.6. The van der Waals surface area contributed by atoms with Crippen LogP contribution in [0.2, 0.25) is 0 Å². The first kappa shape index (κ1) is 31.6. The van der Waals surface area contributed by atoms with E-state index in [1.54, 1.807) is 46.1 Å². The van der Waals surface area contributed by atoms with Gasteiger partial charge in [0.1, 0.15) is 17.1 Å². The number of rotatable bonds is 8. The molecule has 11 nitrogen and oxygen atoms in total. The zero-order chi connectivity index (χ0) is 31.6. The van der Waals surface area contributed by atoms with Crippen LogP contribution in [0.1, 0.15) is 72.4 Å². The number of nitrogens with zero attached hydrogens (tertiary/aromatic N) is 2. The fraction of sp³-hybridized carbons (Fsp3) is 0.545. The Morgan fingerprint density at radius 2 is 1.80 bits per heavy atom. The second-order valence-electron chi connectivity index (χ2n) is 12.6. The van der Waals surface area contributed by atoms with Crippen LogP contribution in [0.5, 0.6) is 11.5 Å². The number of ether oxygens (including phenoxy) is 4. The summed E-state index contributed by atoms with van der Waals surface area (Å²) in [7, 11) is 1.58. The highest BCUT2D eigenvalue weighted by Gasteiger charge is 2.41. The van der Waals surface area contributed by atoms with E-state index in [1.165, 1.54) is 4.90 Å². The minimum absolute atomic E-state index is 0.0651. The molecule has 3 aliphatic heterocycles. The second-order valence-corrected chi connectivity index (χ2v) is 12.6. The first-order valence-electron chi connectivity index (χ1n) is 15.3. The molecule has 3 aliphatic rings. The summed E-state index contributed by atoms with van der Waals surface area (Å²) in [6.07, 6.45) is 0.580. The monoisotopic (exact) mass is 609 g/mol. The summed E-state index contributed by atoms with van der Waals surface area (Å²) in [6, 6.07) is 9.99. The lowest BCUT2D eigenvalue weighted by atomic mass is 9.91. The maximum Gasteiger partial charge on any atom is 0.410 e. The predicted molar refractivity (Wildman–Crippen MR) is 162 cm³/mol. The van der Waals surface area contributed by atoms with Crippen LogP contribution in [0.4, 0.5) is 4.79 Å². The van der Waals surface area contributed by atoms with Crippen LogP contribution in [0.15, 0.2) is 36.4 Å². The van der Waals surface area contributed by atoms with Crippen LogP contribution in [0, 0.1) is 0 Å². The van der Waals surface area contributed by atoms with Gasteiger partial charge in [-0.3, -0.25) is 14.5 Å². The van der Waals surface area contributed by atoms with E-state index >= 15 is 0 Å². The maximum absolute atomic E-state index is 13.4. The molecular formula is C33H43N3O8. The van der Waals surface area contributed by atoms with E-state index in [1.807, 2.05) is 30.0 Å². The standard InChI is InChI=1S/C33H43N3O8/c1-6-43-29-15-21(31(39)36-23-9-10-24(36)19-42-18-23)8-12-26(29)30(38)34-16-28(37)27-14-20-7-11-25(41-5)13-22(20)17-35(27)32(40)44-33(2,3)4/h7-8,11-13,15,23-24,27-28,37H,6,9-10,14,16-19H2,1-5H3,(H,34,38)/t23?,24?,27-,28+/m0/s1. The molecule has 11 heteroatoms. The fourth-order valence-corrected chi connectivity index (χ4v) is 6.23. The van der Waals surface area contributed by atoms with Gasteiger partial charge in [-0.05, 0) is 88.4 Å². The van der Waals surface area contributed by atoms with Crippen molar-refractivity contribution in [2.24, 2.45) is 0 Å². The molecule has 0 aliphatic carbocycles. The number of morpholine rings is 1. The van der Waals surface area contributed by atoms with Crippen molar-refractivity contribution in [2.75, 3.05) is 33.5 Å². The van der Waals surface area contributed by atoms with E-state index in [-0.39, 0.29) is 36.6 Å². The van der Waals surface area contributed by atoms with Crippen molar-refractivity contribution in [1.82, 2.24) is 15.1 Å². The molecule has 2 aromatic rings. The molecule has 0 radical (unpaired) electrons. The quantitative estimate of drug-likeness (QED) is 0.466. The molecule has 0 saturated carbocycles. The van der Waals surface area contributed by atoms with Gasteiger partial charge >= 0.3 is 6.09 Å². The van der Waals surface area contributed by atoms with E-state index in [9.17, 15) is 19.5 Å². The van der Waals surface area contributed by atoms with Gasteiger partial charge in [-0.25, -0.2) is 4.79 Å². The number of nitrogens with one attached hydrogen (secondary N) is 1. The van der Waals surface area contributed by atoms with Crippen LogP contribution in [0.25, 0.3) is 0 Å². The molecule has 2 bridgehead atoms. The third-order valence-electron chi connectivity index (χ3n) is 8.38. The number of benzene rings is 2. The number of aliphatic hydroxyl groups excluding tert-OH is 1. The van der Waals surface area contributed by atoms with Crippen LogP contribution in [-0.2, 0) is 22.4 Å². The molecule has 2 unspecified atom stereocenters. The molecule has 0 aromatic heterocycles. The number of carbonyl (C=O) groups excluding carboxylic acids is 3. The SMILES string of the molecule is CCOc1cc(C(=O)N2C3CCC2COC3)ccc1C(=O)NC[C@@H](O)[C@@H]1Cc2ccc(OC)cc2CN1C(=O)OC(C)(C)C. The smallest absolute Gasteiger partial charge is 0.410 e. The molecule has 0 spiro atoms. The number of hydrogen-bond donors (Lipinski definition) is 2. The predicted octanol–water partition coefficient (Wildman–Crippen LogP) is 3.55. The van der Waals surface area contributed by atoms with Gasteiger partial charge in [0.15, 0.2) is 0 Å². The van der Waals surface area contributed by atoms with E-state index in [0.717, 1.165) is 24.0 Å². The number of hydrogen-bond acceptors (Lipinski definition) is 8. The first-order chi connectivity index (χ1) is 21.0. The van der Waals surface area contributed by atoms with Gasteiger partial charge in [0.05, 0.1) is 56.7 Å². The lowest BCUT2D eigenvalue weighted by Gasteiger charge is -2.40. The molecule has 2 N–H and O–H groups in total. The third-order valence-corrected chi connectivity index (χ3v) is 8.38. The van der Waals surface area contributed by atoms with Crippen molar-refractivity contribution in [3.63, 3.8) is 0 Å². The number of fused-ring (bicyclic) bond motifs is 3. The Labute approximate surface area is 258 Å². The van der Waals surface area contributed by atoms with Crippen LogP contribution in [0.3, 0.4) is 0 Å². The fourth-order valence-electron chi connectivity index (χ4n) is 6.23. The minimum atomic E-state index is -1.09. The van der Waals surface area contributed by atoms with Crippen molar-refractivity contribution in [2.45, 2.75) is 83.3 Å². The average molecular weight is 610 g/mol. The van der Waals surface area contributed by atoms with Crippen LogP contribution < -0.4 is 14.8 Å². The third kappa shape index (κ3) is 6.78. The summed E-state index contributed by atoms with van der Waals surface area (Å²) in [6.45, 7) is 8.67. The molecule has 44 heavy (non-hydrogen) atoms. The molecule has 3 heterocycles. The number of aliphatic hydroxyl groups is 1. The van der Waals surface area contributed by atoms with Gasteiger partial charge < -0.3 is 34.3 Å². The molecule has 2 saturated heterocycles. The highest BCUT2D eigenvalue weighted by Crippen LogP contribution is 2.32. The van der Waals surface area contributed by atoms with Gasteiger partial charge in [-0.15, -0.1) is 0 Å². The van der Waals surface area contributed by atoms with Crippen LogP contribution in [-0.4, -0.2) is 96.1 Å². The molecule has 4 atom stereocenters. The maximum atomic E-state index is 13.4. The number of amides is 3. The van der Waals surface area contributed by atoms with Crippen molar-refractivity contribution in [3.05, 3.63) is 58.7 Å². The van der Waals surface area contributed by atoms with Gasteiger partial charge in [0, 0.05) is 18.7 Å². The average Bonchev–Trinajstić information content (AvgIpc) is 3.24. The molecule has 2 aromatic carbocycles. The minimum Gasteiger partial charge on any atom is -0.497 e. The molecule has 5 rings (SSSR count). The Bertz CT molecular complexity index is 1370. The Hall–Kier alpha value is -3.83. The zero-order valence-corrected chi connectivity index (χ0v) is 26.1. The lowest BCUT2D eigenvalue weighted by molar-refractivity contribution is -0.0113. The number of methoxy groups -OCH3 is 1. The Morgan fingerprint density at radius 1 is 1.07 bits per heavy atom. The second kappa shape index (κ2) is 13.0. The van der Waals surface area contributed by atoms with E-state index in [2.05, 4.69) is 5.32 Å². The Morgan fingerprint density at radius 3 is 2.45 bits per heavy atom. The van der Waals surface area contributed by atoms with Gasteiger partial charge in [0.2, 0.25) is 0 Å². The summed E-state index contributed by atoms with van der Waals surface area (Å²) in [4.78, 5) is 43.4. The Kier molecular flexibility index (Phi) is 9.36. The van der Waals surface area contributed by atoms with Gasteiger partial charge in [-0.1, -0.05) is 6.07 Å². The Balaban J connectivity index is 1.30. The molecular weight excluding hydrogens is 566 g/mol. The first-order valence-corrected chi connectivity index (χ1v) is 15.3. The summed E-state index contributed by atoms with van der Waals surface area (Å²) >= 11 is 0. The zero-order valence-electron chi connectivity index (χ0n) is 26.1. The molecule has 238 valence electrons. The van der Waals surface area contributed by atoms with Crippen molar-refractivity contribution in [3.8, 4) is 11.5 Å². The lowest BCUT2D eigenvalue weighted by Crippen LogP contribution is -2.54. The van der Waals surface area contributed by atoms with E-state index in [0.29, 0.717) is 43.3 Å². The number of carbonyl (C=O) groups is 3. The van der Waals surface area contributed by atoms with Crippen molar-refractivity contribution >= 4 is 17.9 Å². The van der Waals surface area contributed by atoms with Crippen molar-refractivity contribution in [1.29, 1.82) is 0 Å². The van der Waals surface area contributed by atoms with E-state index in [4.69, 9.17) is 18.9 Å². The summed E-state index contributed by atoms with van der Waals surface area (Å²) < 4.78 is 22.4. The van der Waals surface area contributed by atoms with Crippen LogP contribution >= 0.6 is 0 Å². The highest BCUT2D eigenvalue weighted by molar-refractivity contribution is 6.00. The van der Waals surface area contributed by atoms with Crippen molar-refractivity contribution < 1.29 is 38.4 Å². The van der Waals surface area contributed by atoms with Gasteiger partial charge in [0.25, 0.3) is 11.8 Å². The summed E-state index contributed by atoms with van der Waals surface area (Å²) in [5, 5.41) is 14.1. The molecule has 3 amide bonds.